The van der Waals surface area contributed by atoms with Crippen LogP contribution < -0.4 is 11.2 Å². The number of aromatic nitrogens is 2. The third-order valence-corrected chi connectivity index (χ3v) is 4.03. The Bertz CT molecular complexity index is 718. The molecule has 2 rings (SSSR count). The molecule has 1 N–H and O–H groups in total. The second-order valence-corrected chi connectivity index (χ2v) is 5.16. The van der Waals surface area contributed by atoms with Gasteiger partial charge in [0.2, 0.25) is 5.82 Å². The summed E-state index contributed by atoms with van der Waals surface area (Å²) in [7, 11) is 0. The molecule has 0 aromatic carbocycles. The summed E-state index contributed by atoms with van der Waals surface area (Å²) >= 11 is 4.41. The van der Waals surface area contributed by atoms with Crippen LogP contribution in [0.2, 0.25) is 0 Å². The fraction of sp³-hybridized carbons (Fsp3) is 0.100. The minimum Gasteiger partial charge on any atom is -0.291 e. The molecule has 0 fully saturated rings. The van der Waals surface area contributed by atoms with Crippen LogP contribution >= 0.6 is 27.3 Å². The standard InChI is InChI=1S/C10H6BrFN2O3S/c11-5-1-2-18-8(5)7(15)4-14-3-6(12)9(16)13-10(14)17/h1-3H,4H2,(H,13,16,17). The van der Waals surface area contributed by atoms with E-state index >= 15 is 0 Å². The molecule has 0 aliphatic rings. The second-order valence-electron chi connectivity index (χ2n) is 3.39. The molecule has 0 spiro atoms. The third-order valence-electron chi connectivity index (χ3n) is 2.15. The van der Waals surface area contributed by atoms with Gasteiger partial charge in [0.15, 0.2) is 5.78 Å². The van der Waals surface area contributed by atoms with E-state index in [1.807, 2.05) is 0 Å². The van der Waals surface area contributed by atoms with Gasteiger partial charge < -0.3 is 0 Å². The average Bonchev–Trinajstić information content (AvgIpc) is 2.72. The maximum Gasteiger partial charge on any atom is 0.328 e. The molecule has 0 amide bonds. The zero-order valence-electron chi connectivity index (χ0n) is 8.78. The number of rotatable bonds is 3. The van der Waals surface area contributed by atoms with E-state index in [9.17, 15) is 18.8 Å². The summed E-state index contributed by atoms with van der Waals surface area (Å²) in [5.74, 6) is -1.45. The monoisotopic (exact) mass is 332 g/mol. The number of nitrogens with zero attached hydrogens (tertiary/aromatic N) is 1. The van der Waals surface area contributed by atoms with E-state index in [1.165, 1.54) is 11.3 Å². The summed E-state index contributed by atoms with van der Waals surface area (Å²) in [4.78, 5) is 36.3. The molecule has 0 aliphatic carbocycles. The Morgan fingerprint density at radius 1 is 1.50 bits per heavy atom. The summed E-state index contributed by atoms with van der Waals surface area (Å²) in [6, 6.07) is 1.70. The largest absolute Gasteiger partial charge is 0.328 e. The molecule has 0 saturated heterocycles. The molecule has 8 heteroatoms. The van der Waals surface area contributed by atoms with Gasteiger partial charge in [-0.25, -0.2) is 4.79 Å². The van der Waals surface area contributed by atoms with Crippen LogP contribution in [0.25, 0.3) is 0 Å². The van der Waals surface area contributed by atoms with Crippen LogP contribution in [0.1, 0.15) is 9.67 Å². The summed E-state index contributed by atoms with van der Waals surface area (Å²) < 4.78 is 14.5. The summed E-state index contributed by atoms with van der Waals surface area (Å²) in [5, 5.41) is 1.72. The molecule has 0 radical (unpaired) electrons. The van der Waals surface area contributed by atoms with Gasteiger partial charge >= 0.3 is 5.69 Å². The van der Waals surface area contributed by atoms with Crippen LogP contribution in [0.4, 0.5) is 4.39 Å². The van der Waals surface area contributed by atoms with Gasteiger partial charge in [0, 0.05) is 4.47 Å². The Hall–Kier alpha value is -1.54. The first kappa shape index (κ1) is 12.9. The molecule has 0 unspecified atom stereocenters. The first-order valence-electron chi connectivity index (χ1n) is 4.74. The lowest BCUT2D eigenvalue weighted by atomic mass is 10.3. The predicted molar refractivity (Wildman–Crippen MR) is 67.6 cm³/mol. The van der Waals surface area contributed by atoms with E-state index in [0.717, 1.165) is 10.8 Å². The fourth-order valence-electron chi connectivity index (χ4n) is 1.32. The molecule has 0 bridgehead atoms. The van der Waals surface area contributed by atoms with Crippen LogP contribution in [-0.4, -0.2) is 15.3 Å². The van der Waals surface area contributed by atoms with Gasteiger partial charge in [-0.05, 0) is 27.4 Å². The number of halogens is 2. The van der Waals surface area contributed by atoms with Gasteiger partial charge in [0.1, 0.15) is 0 Å². The van der Waals surface area contributed by atoms with Gasteiger partial charge in [-0.3, -0.25) is 19.1 Å². The summed E-state index contributed by atoms with van der Waals surface area (Å²) in [6.45, 7) is -0.328. The fourth-order valence-corrected chi connectivity index (χ4v) is 2.84. The van der Waals surface area contributed by atoms with Crippen LogP contribution in [0, 0.1) is 5.82 Å². The van der Waals surface area contributed by atoms with Crippen LogP contribution in [0.3, 0.4) is 0 Å². The van der Waals surface area contributed by atoms with Gasteiger partial charge in [-0.2, -0.15) is 4.39 Å². The van der Waals surface area contributed by atoms with Crippen molar-refractivity contribution >= 4 is 33.0 Å². The maximum atomic E-state index is 13.0. The van der Waals surface area contributed by atoms with E-state index < -0.39 is 17.1 Å². The minimum atomic E-state index is -1.10. The second kappa shape index (κ2) is 4.99. The average molecular weight is 333 g/mol. The van der Waals surface area contributed by atoms with Crippen molar-refractivity contribution in [2.75, 3.05) is 0 Å². The van der Waals surface area contributed by atoms with Crippen molar-refractivity contribution in [3.63, 3.8) is 0 Å². The number of hydrogen-bond acceptors (Lipinski definition) is 4. The number of aromatic amines is 1. The SMILES string of the molecule is O=C(Cn1cc(F)c(=O)[nH]c1=O)c1sccc1Br. The number of ketones is 1. The number of H-pyrrole nitrogens is 1. The highest BCUT2D eigenvalue weighted by atomic mass is 79.9. The number of Topliss-reactive ketones (excluding diaryl/α,β-unsaturated/α-hetero) is 1. The number of hydrogen-bond donors (Lipinski definition) is 1. The van der Waals surface area contributed by atoms with Crippen molar-refractivity contribution in [3.05, 3.63) is 53.6 Å². The highest BCUT2D eigenvalue weighted by Crippen LogP contribution is 2.23. The molecule has 2 aromatic heterocycles. The van der Waals surface area contributed by atoms with Crippen molar-refractivity contribution in [2.24, 2.45) is 0 Å². The number of thiophene rings is 1. The van der Waals surface area contributed by atoms with Crippen molar-refractivity contribution in [2.45, 2.75) is 6.54 Å². The van der Waals surface area contributed by atoms with Crippen LogP contribution in [0.15, 0.2) is 31.7 Å². The van der Waals surface area contributed by atoms with Crippen molar-refractivity contribution in [1.82, 2.24) is 9.55 Å². The lowest BCUT2D eigenvalue weighted by Crippen LogP contribution is -2.33. The van der Waals surface area contributed by atoms with E-state index in [1.54, 1.807) is 16.4 Å². The Balaban J connectivity index is 2.33. The van der Waals surface area contributed by atoms with E-state index in [-0.39, 0.29) is 12.3 Å². The van der Waals surface area contributed by atoms with Crippen LogP contribution in [0.5, 0.6) is 0 Å². The van der Waals surface area contributed by atoms with Crippen molar-refractivity contribution in [1.29, 1.82) is 0 Å². The zero-order valence-corrected chi connectivity index (χ0v) is 11.2. The van der Waals surface area contributed by atoms with Crippen LogP contribution in [-0.2, 0) is 6.54 Å². The Kier molecular flexibility index (Phi) is 3.58. The van der Waals surface area contributed by atoms with Gasteiger partial charge in [0.25, 0.3) is 5.56 Å². The predicted octanol–water partition coefficient (Wildman–Crippen LogP) is 1.38. The van der Waals surface area contributed by atoms with E-state index in [2.05, 4.69) is 15.9 Å². The molecule has 18 heavy (non-hydrogen) atoms. The first-order chi connectivity index (χ1) is 8.49. The molecule has 0 saturated carbocycles. The first-order valence-corrected chi connectivity index (χ1v) is 6.42. The Morgan fingerprint density at radius 2 is 2.22 bits per heavy atom. The molecule has 0 atom stereocenters. The summed E-state index contributed by atoms with van der Waals surface area (Å²) in [6.07, 6.45) is 0.723. The zero-order chi connectivity index (χ0) is 13.3. The Labute approximate surface area is 112 Å². The molecular weight excluding hydrogens is 327 g/mol. The normalized spacial score (nSPS) is 10.6. The van der Waals surface area contributed by atoms with Gasteiger partial charge in [-0.15, -0.1) is 11.3 Å². The topological polar surface area (TPSA) is 71.9 Å². The maximum absolute atomic E-state index is 13.0. The van der Waals surface area contributed by atoms with Crippen molar-refractivity contribution in [3.8, 4) is 0 Å². The Morgan fingerprint density at radius 3 is 2.83 bits per heavy atom. The molecule has 2 heterocycles. The lowest BCUT2D eigenvalue weighted by molar-refractivity contribution is 0.0973. The van der Waals surface area contributed by atoms with E-state index in [4.69, 9.17) is 0 Å². The van der Waals surface area contributed by atoms with E-state index in [0.29, 0.717) is 9.35 Å². The number of carbonyl (C=O) groups excluding carboxylic acids is 1. The number of carbonyl (C=O) groups is 1. The lowest BCUT2D eigenvalue weighted by Gasteiger charge is -2.03. The molecule has 2 aromatic rings. The molecular formula is C10H6BrFN2O3S. The molecule has 0 aliphatic heterocycles. The highest BCUT2D eigenvalue weighted by molar-refractivity contribution is 9.10. The molecule has 5 nitrogen and oxygen atoms in total. The van der Waals surface area contributed by atoms with Crippen molar-refractivity contribution < 1.29 is 9.18 Å². The third kappa shape index (κ3) is 2.49. The highest BCUT2D eigenvalue weighted by Gasteiger charge is 2.14. The minimum absolute atomic E-state index is 0.328. The quantitative estimate of drug-likeness (QED) is 0.863. The smallest absolute Gasteiger partial charge is 0.291 e. The summed E-state index contributed by atoms with van der Waals surface area (Å²) in [5.41, 5.74) is -1.91. The van der Waals surface area contributed by atoms with Gasteiger partial charge in [0.05, 0.1) is 17.6 Å². The molecule has 94 valence electrons. The number of nitrogens with one attached hydrogen (secondary N) is 1. The van der Waals surface area contributed by atoms with Gasteiger partial charge in [-0.1, -0.05) is 0 Å².